The average molecular weight is 322 g/mol. The highest BCUT2D eigenvalue weighted by Crippen LogP contribution is 2.30. The highest BCUT2D eigenvalue weighted by Gasteiger charge is 2.30. The van der Waals surface area contributed by atoms with Crippen LogP contribution in [0.5, 0.6) is 0 Å². The predicted molar refractivity (Wildman–Crippen MR) is 83.0 cm³/mol. The van der Waals surface area contributed by atoms with Gasteiger partial charge in [0.1, 0.15) is 0 Å². The Labute approximate surface area is 132 Å². The van der Waals surface area contributed by atoms with Gasteiger partial charge in [0, 0.05) is 12.2 Å². The quantitative estimate of drug-likeness (QED) is 0.880. The smallest absolute Gasteiger partial charge is 0.325 e. The zero-order valence-electron chi connectivity index (χ0n) is 12.6. The van der Waals surface area contributed by atoms with Crippen molar-refractivity contribution in [3.63, 3.8) is 0 Å². The molecule has 0 aliphatic rings. The number of hydrogen-bond donors (Lipinski definition) is 2. The van der Waals surface area contributed by atoms with Crippen molar-refractivity contribution in [2.45, 2.75) is 19.6 Å². The van der Waals surface area contributed by atoms with Gasteiger partial charge in [0.15, 0.2) is 0 Å². The van der Waals surface area contributed by atoms with Crippen molar-refractivity contribution in [2.75, 3.05) is 11.9 Å². The summed E-state index contributed by atoms with van der Waals surface area (Å²) in [5.41, 5.74) is 1.50. The molecule has 2 rings (SSSR count). The van der Waals surface area contributed by atoms with Gasteiger partial charge < -0.3 is 10.6 Å². The fraction of sp³-hybridized carbons (Fsp3) is 0.235. The zero-order valence-corrected chi connectivity index (χ0v) is 12.6. The molecular weight excluding hydrogens is 305 g/mol. The van der Waals surface area contributed by atoms with Gasteiger partial charge in [0.25, 0.3) is 0 Å². The minimum Gasteiger partial charge on any atom is -0.325 e. The molecule has 2 aromatic carbocycles. The molecule has 2 N–H and O–H groups in total. The molecule has 0 heterocycles. The summed E-state index contributed by atoms with van der Waals surface area (Å²) >= 11 is 0. The second-order valence-electron chi connectivity index (χ2n) is 5.22. The van der Waals surface area contributed by atoms with Crippen LogP contribution in [-0.4, -0.2) is 12.5 Å². The molecule has 0 saturated heterocycles. The summed E-state index contributed by atoms with van der Waals surface area (Å²) in [6, 6.07) is 12.4. The lowest BCUT2D eigenvalue weighted by Crippen LogP contribution is -2.27. The lowest BCUT2D eigenvalue weighted by molar-refractivity contribution is -0.137. The van der Waals surface area contributed by atoms with Gasteiger partial charge in [0.05, 0.1) is 12.1 Å². The van der Waals surface area contributed by atoms with E-state index in [9.17, 15) is 18.0 Å². The number of anilines is 1. The highest BCUT2D eigenvalue weighted by atomic mass is 19.4. The van der Waals surface area contributed by atoms with Gasteiger partial charge in [-0.1, -0.05) is 35.9 Å². The Bertz CT molecular complexity index is 684. The molecule has 0 atom stereocenters. The molecule has 0 saturated carbocycles. The molecule has 0 aromatic heterocycles. The fourth-order valence-electron chi connectivity index (χ4n) is 2.12. The Morgan fingerprint density at radius 3 is 2.52 bits per heavy atom. The van der Waals surface area contributed by atoms with Gasteiger partial charge >= 0.3 is 6.18 Å². The molecule has 0 aliphatic carbocycles. The van der Waals surface area contributed by atoms with Crippen LogP contribution in [0.2, 0.25) is 0 Å². The maximum atomic E-state index is 12.6. The summed E-state index contributed by atoms with van der Waals surface area (Å²) in [7, 11) is 0. The van der Waals surface area contributed by atoms with Crippen molar-refractivity contribution in [2.24, 2.45) is 0 Å². The molecular formula is C17H17F3N2O. The number of rotatable bonds is 5. The monoisotopic (exact) mass is 322 g/mol. The van der Waals surface area contributed by atoms with Crippen LogP contribution in [-0.2, 0) is 17.5 Å². The number of halogens is 3. The minimum absolute atomic E-state index is 0.0180. The van der Waals surface area contributed by atoms with E-state index >= 15 is 0 Å². The number of nitrogens with one attached hydrogen (secondary N) is 2. The number of aryl methyl sites for hydroxylation is 1. The van der Waals surface area contributed by atoms with E-state index in [4.69, 9.17) is 0 Å². The van der Waals surface area contributed by atoms with Crippen molar-refractivity contribution in [1.82, 2.24) is 5.32 Å². The standard InChI is InChI=1S/C17H17F3N2O/c1-12-4-2-5-13(8-12)10-21-11-16(23)22-15-7-3-6-14(9-15)17(18,19)20/h2-9,21H,10-11H2,1H3,(H,22,23). The van der Waals surface area contributed by atoms with E-state index in [0.717, 1.165) is 23.3 Å². The van der Waals surface area contributed by atoms with Crippen molar-refractivity contribution < 1.29 is 18.0 Å². The van der Waals surface area contributed by atoms with E-state index in [1.165, 1.54) is 12.1 Å². The largest absolute Gasteiger partial charge is 0.416 e. The Morgan fingerprint density at radius 2 is 1.83 bits per heavy atom. The molecule has 0 aliphatic heterocycles. The van der Waals surface area contributed by atoms with E-state index in [0.29, 0.717) is 6.54 Å². The van der Waals surface area contributed by atoms with Crippen LogP contribution in [0.3, 0.4) is 0 Å². The van der Waals surface area contributed by atoms with Crippen molar-refractivity contribution >= 4 is 11.6 Å². The van der Waals surface area contributed by atoms with Crippen molar-refractivity contribution in [3.05, 3.63) is 65.2 Å². The SMILES string of the molecule is Cc1cccc(CNCC(=O)Nc2cccc(C(F)(F)F)c2)c1. The van der Waals surface area contributed by atoms with Crippen LogP contribution in [0.1, 0.15) is 16.7 Å². The first-order valence-corrected chi connectivity index (χ1v) is 7.08. The highest BCUT2D eigenvalue weighted by molar-refractivity contribution is 5.92. The van der Waals surface area contributed by atoms with Crippen LogP contribution in [0.15, 0.2) is 48.5 Å². The second kappa shape index (κ2) is 7.28. The zero-order chi connectivity index (χ0) is 16.9. The normalized spacial score (nSPS) is 11.3. The third kappa shape index (κ3) is 5.41. The van der Waals surface area contributed by atoms with Crippen LogP contribution in [0.25, 0.3) is 0 Å². The number of benzene rings is 2. The molecule has 0 radical (unpaired) electrons. The molecule has 0 bridgehead atoms. The number of amides is 1. The minimum atomic E-state index is -4.43. The third-order valence-electron chi connectivity index (χ3n) is 3.17. The first kappa shape index (κ1) is 17.0. The summed E-state index contributed by atoms with van der Waals surface area (Å²) in [5, 5.41) is 5.41. The Hall–Kier alpha value is -2.34. The molecule has 122 valence electrons. The van der Waals surface area contributed by atoms with Crippen molar-refractivity contribution in [3.8, 4) is 0 Å². The number of hydrogen-bond acceptors (Lipinski definition) is 2. The molecule has 23 heavy (non-hydrogen) atoms. The first-order chi connectivity index (χ1) is 10.8. The Morgan fingerprint density at radius 1 is 1.09 bits per heavy atom. The summed E-state index contributed by atoms with van der Waals surface area (Å²) in [4.78, 5) is 11.8. The van der Waals surface area contributed by atoms with Crippen LogP contribution < -0.4 is 10.6 Å². The van der Waals surface area contributed by atoms with E-state index in [1.807, 2.05) is 31.2 Å². The van der Waals surface area contributed by atoms with Gasteiger partial charge in [-0.15, -0.1) is 0 Å². The van der Waals surface area contributed by atoms with Gasteiger partial charge in [-0.25, -0.2) is 0 Å². The maximum Gasteiger partial charge on any atom is 0.416 e. The molecule has 2 aromatic rings. The molecule has 6 heteroatoms. The maximum absolute atomic E-state index is 12.6. The summed E-state index contributed by atoms with van der Waals surface area (Å²) < 4.78 is 37.8. The average Bonchev–Trinajstić information content (AvgIpc) is 2.46. The van der Waals surface area contributed by atoms with Gasteiger partial charge in [0.2, 0.25) is 5.91 Å². The molecule has 1 amide bonds. The summed E-state index contributed by atoms with van der Waals surface area (Å²) in [6.07, 6.45) is -4.43. The van der Waals surface area contributed by atoms with Crippen LogP contribution in [0, 0.1) is 6.92 Å². The van der Waals surface area contributed by atoms with E-state index < -0.39 is 17.6 Å². The van der Waals surface area contributed by atoms with E-state index in [-0.39, 0.29) is 12.2 Å². The van der Waals surface area contributed by atoms with Gasteiger partial charge in [-0.2, -0.15) is 13.2 Å². The number of carbonyl (C=O) groups excluding carboxylic acids is 1. The Kier molecular flexibility index (Phi) is 5.39. The molecule has 3 nitrogen and oxygen atoms in total. The number of alkyl halides is 3. The topological polar surface area (TPSA) is 41.1 Å². The van der Waals surface area contributed by atoms with E-state index in [1.54, 1.807) is 0 Å². The summed E-state index contributed by atoms with van der Waals surface area (Å²) in [5.74, 6) is -0.392. The molecule has 0 unspecified atom stereocenters. The molecule has 0 spiro atoms. The van der Waals surface area contributed by atoms with Gasteiger partial charge in [-0.05, 0) is 30.7 Å². The fourth-order valence-corrected chi connectivity index (χ4v) is 2.12. The van der Waals surface area contributed by atoms with E-state index in [2.05, 4.69) is 10.6 Å². The van der Waals surface area contributed by atoms with Crippen LogP contribution in [0.4, 0.5) is 18.9 Å². The third-order valence-corrected chi connectivity index (χ3v) is 3.17. The van der Waals surface area contributed by atoms with Crippen LogP contribution >= 0.6 is 0 Å². The van der Waals surface area contributed by atoms with Gasteiger partial charge in [-0.3, -0.25) is 4.79 Å². The summed E-state index contributed by atoms with van der Waals surface area (Å²) in [6.45, 7) is 2.51. The molecule has 0 fully saturated rings. The predicted octanol–water partition coefficient (Wildman–Crippen LogP) is 3.74. The Balaban J connectivity index is 1.85. The van der Waals surface area contributed by atoms with Crippen molar-refractivity contribution in [1.29, 1.82) is 0 Å². The lowest BCUT2D eigenvalue weighted by atomic mass is 10.1. The number of carbonyl (C=O) groups is 1. The first-order valence-electron chi connectivity index (χ1n) is 7.08. The lowest BCUT2D eigenvalue weighted by Gasteiger charge is -2.10. The second-order valence-corrected chi connectivity index (χ2v) is 5.22.